The summed E-state index contributed by atoms with van der Waals surface area (Å²) >= 11 is 0. The van der Waals surface area contributed by atoms with E-state index in [2.05, 4.69) is 20.7 Å². The molecule has 8 nitrogen and oxygen atoms in total. The second kappa shape index (κ2) is 9.45. The topological polar surface area (TPSA) is 106 Å². The van der Waals surface area contributed by atoms with E-state index >= 15 is 0 Å². The Morgan fingerprint density at radius 2 is 1.88 bits per heavy atom. The number of hydrogen-bond donors (Lipinski definition) is 2. The number of carbonyl (C=O) groups is 1. The third-order valence-electron chi connectivity index (χ3n) is 5.62. The van der Waals surface area contributed by atoms with Crippen molar-refractivity contribution in [1.29, 1.82) is 0 Å². The number of benzene rings is 2. The summed E-state index contributed by atoms with van der Waals surface area (Å²) in [6.45, 7) is -0.292. The second-order valence-electron chi connectivity index (χ2n) is 7.95. The third-order valence-corrected chi connectivity index (χ3v) is 7.88. The molecule has 2 aromatic carbocycles. The van der Waals surface area contributed by atoms with Gasteiger partial charge < -0.3 is 10.6 Å². The maximum atomic E-state index is 13.2. The van der Waals surface area contributed by atoms with Crippen molar-refractivity contribution < 1.29 is 26.4 Å². The fourth-order valence-electron chi connectivity index (χ4n) is 3.90. The minimum atomic E-state index is -4.59. The van der Waals surface area contributed by atoms with Gasteiger partial charge in [0.1, 0.15) is 12.7 Å². The van der Waals surface area contributed by atoms with E-state index in [1.165, 1.54) is 35.5 Å². The Bertz CT molecular complexity index is 1270. The molecule has 1 fully saturated rings. The predicted octanol–water partition coefficient (Wildman–Crippen LogP) is 4.05. The zero-order valence-electron chi connectivity index (χ0n) is 17.9. The smallest absolute Gasteiger partial charge is 0.376 e. The molecular formula is C22H22F3N5O3S. The standard InChI is InChI=1S/C22H22F3N5O3S/c23-22(24,25)15-8-9-20(30-14-26-13-28-30)19(10-15)29-21(31)12-27-16-4-3-7-18(11-16)34(32,33)17-5-1-2-6-17/h3-4,7-11,13-14,17,27H,1-2,5-6,12H2,(H,29,31). The van der Waals surface area contributed by atoms with Crippen LogP contribution in [0.2, 0.25) is 0 Å². The molecule has 0 spiro atoms. The summed E-state index contributed by atoms with van der Waals surface area (Å²) in [6, 6.07) is 9.09. The van der Waals surface area contributed by atoms with Crippen LogP contribution in [-0.2, 0) is 20.8 Å². The monoisotopic (exact) mass is 493 g/mol. The van der Waals surface area contributed by atoms with Gasteiger partial charge in [0, 0.05) is 5.69 Å². The minimum absolute atomic E-state index is 0.0929. The lowest BCUT2D eigenvalue weighted by atomic mass is 10.1. The van der Waals surface area contributed by atoms with Crippen molar-refractivity contribution >= 4 is 27.1 Å². The lowest BCUT2D eigenvalue weighted by Gasteiger charge is -2.15. The van der Waals surface area contributed by atoms with Gasteiger partial charge in [-0.1, -0.05) is 18.9 Å². The van der Waals surface area contributed by atoms with E-state index in [-0.39, 0.29) is 22.8 Å². The fourth-order valence-corrected chi connectivity index (χ4v) is 5.79. The largest absolute Gasteiger partial charge is 0.416 e. The molecule has 1 aromatic heterocycles. The van der Waals surface area contributed by atoms with Gasteiger partial charge in [0.25, 0.3) is 0 Å². The molecule has 0 unspecified atom stereocenters. The number of sulfone groups is 1. The average Bonchev–Trinajstić information content (AvgIpc) is 3.52. The zero-order valence-corrected chi connectivity index (χ0v) is 18.7. The number of amides is 1. The van der Waals surface area contributed by atoms with Crippen molar-refractivity contribution in [3.63, 3.8) is 0 Å². The summed E-state index contributed by atoms with van der Waals surface area (Å²) in [4.78, 5) is 16.5. The van der Waals surface area contributed by atoms with Crippen LogP contribution in [0.4, 0.5) is 24.5 Å². The van der Waals surface area contributed by atoms with Crippen LogP contribution >= 0.6 is 0 Å². The molecule has 1 heterocycles. The van der Waals surface area contributed by atoms with E-state index in [0.717, 1.165) is 25.0 Å². The van der Waals surface area contributed by atoms with Crippen molar-refractivity contribution in [2.75, 3.05) is 17.2 Å². The van der Waals surface area contributed by atoms with Crippen molar-refractivity contribution in [2.45, 2.75) is 42.0 Å². The van der Waals surface area contributed by atoms with Gasteiger partial charge in [-0.25, -0.2) is 18.1 Å². The molecule has 0 bridgehead atoms. The van der Waals surface area contributed by atoms with Crippen LogP contribution in [0.25, 0.3) is 5.69 Å². The van der Waals surface area contributed by atoms with Crippen LogP contribution in [0.5, 0.6) is 0 Å². The number of nitrogens with one attached hydrogen (secondary N) is 2. The highest BCUT2D eigenvalue weighted by atomic mass is 32.2. The van der Waals surface area contributed by atoms with Crippen LogP contribution in [0, 0.1) is 0 Å². The highest BCUT2D eigenvalue weighted by Gasteiger charge is 2.32. The summed E-state index contributed by atoms with van der Waals surface area (Å²) in [6.07, 6.45) is 0.956. The van der Waals surface area contributed by atoms with Crippen LogP contribution < -0.4 is 10.6 Å². The highest BCUT2D eigenvalue weighted by molar-refractivity contribution is 7.92. The molecule has 1 aliphatic carbocycles. The first-order valence-electron chi connectivity index (χ1n) is 10.6. The summed E-state index contributed by atoms with van der Waals surface area (Å²) in [7, 11) is -3.46. The molecule has 0 aliphatic heterocycles. The van der Waals surface area contributed by atoms with E-state index in [4.69, 9.17) is 0 Å². The number of nitrogens with zero attached hydrogens (tertiary/aromatic N) is 3. The quantitative estimate of drug-likeness (QED) is 0.514. The first-order chi connectivity index (χ1) is 16.1. The molecule has 180 valence electrons. The Kier molecular flexibility index (Phi) is 6.60. The summed E-state index contributed by atoms with van der Waals surface area (Å²) in [5, 5.41) is 8.80. The summed E-state index contributed by atoms with van der Waals surface area (Å²) in [5.41, 5.74) is -0.396. The fraction of sp³-hybridized carbons (Fsp3) is 0.318. The van der Waals surface area contributed by atoms with Gasteiger partial charge >= 0.3 is 6.18 Å². The van der Waals surface area contributed by atoms with Crippen molar-refractivity contribution in [3.8, 4) is 5.69 Å². The van der Waals surface area contributed by atoms with Gasteiger partial charge in [0.05, 0.1) is 33.6 Å². The van der Waals surface area contributed by atoms with Gasteiger partial charge in [-0.3, -0.25) is 4.79 Å². The molecule has 1 aliphatic rings. The summed E-state index contributed by atoms with van der Waals surface area (Å²) in [5.74, 6) is -0.621. The van der Waals surface area contributed by atoms with Crippen LogP contribution in [0.3, 0.4) is 0 Å². The summed E-state index contributed by atoms with van der Waals surface area (Å²) < 4.78 is 66.4. The molecule has 0 saturated heterocycles. The lowest BCUT2D eigenvalue weighted by molar-refractivity contribution is -0.137. The Morgan fingerprint density at radius 1 is 1.12 bits per heavy atom. The number of alkyl halides is 3. The SMILES string of the molecule is O=C(CNc1cccc(S(=O)(=O)C2CCCC2)c1)Nc1cc(C(F)(F)F)ccc1-n1cncn1. The van der Waals surface area contributed by atoms with Crippen LogP contribution in [0.1, 0.15) is 31.2 Å². The maximum Gasteiger partial charge on any atom is 0.416 e. The maximum absolute atomic E-state index is 13.2. The predicted molar refractivity (Wildman–Crippen MR) is 119 cm³/mol. The molecule has 1 amide bonds. The third kappa shape index (κ3) is 5.22. The highest BCUT2D eigenvalue weighted by Crippen LogP contribution is 2.33. The second-order valence-corrected chi connectivity index (χ2v) is 10.2. The number of hydrogen-bond acceptors (Lipinski definition) is 6. The molecule has 0 radical (unpaired) electrons. The van der Waals surface area contributed by atoms with Crippen molar-refractivity contribution in [1.82, 2.24) is 14.8 Å². The molecule has 34 heavy (non-hydrogen) atoms. The van der Waals surface area contributed by atoms with Gasteiger partial charge in [-0.2, -0.15) is 18.3 Å². The van der Waals surface area contributed by atoms with E-state index in [0.29, 0.717) is 18.5 Å². The van der Waals surface area contributed by atoms with Crippen LogP contribution in [-0.4, -0.2) is 40.9 Å². The molecule has 1 saturated carbocycles. The van der Waals surface area contributed by atoms with Gasteiger partial charge in [0.15, 0.2) is 9.84 Å². The Morgan fingerprint density at radius 3 is 2.56 bits per heavy atom. The van der Waals surface area contributed by atoms with Crippen molar-refractivity contribution in [3.05, 3.63) is 60.7 Å². The van der Waals surface area contributed by atoms with E-state index in [1.807, 2.05) is 0 Å². The Labute approximate surface area is 194 Å². The lowest BCUT2D eigenvalue weighted by Crippen LogP contribution is -2.23. The van der Waals surface area contributed by atoms with E-state index in [1.54, 1.807) is 12.1 Å². The minimum Gasteiger partial charge on any atom is -0.376 e. The van der Waals surface area contributed by atoms with E-state index < -0.39 is 32.7 Å². The number of carbonyl (C=O) groups excluding carboxylic acids is 1. The molecular weight excluding hydrogens is 471 g/mol. The molecule has 4 rings (SSSR count). The normalized spacial score (nSPS) is 14.8. The average molecular weight is 494 g/mol. The van der Waals surface area contributed by atoms with Gasteiger partial charge in [0.2, 0.25) is 5.91 Å². The molecule has 0 atom stereocenters. The Hall–Kier alpha value is -3.41. The Balaban J connectivity index is 1.48. The molecule has 3 aromatic rings. The number of rotatable bonds is 7. The number of anilines is 2. The number of halogens is 3. The molecule has 12 heteroatoms. The van der Waals surface area contributed by atoms with Crippen LogP contribution in [0.15, 0.2) is 60.0 Å². The zero-order chi connectivity index (χ0) is 24.3. The number of aromatic nitrogens is 3. The van der Waals surface area contributed by atoms with Gasteiger partial charge in [-0.15, -0.1) is 0 Å². The molecule has 2 N–H and O–H groups in total. The van der Waals surface area contributed by atoms with Gasteiger partial charge in [-0.05, 0) is 49.2 Å². The van der Waals surface area contributed by atoms with Crippen molar-refractivity contribution in [2.24, 2.45) is 0 Å². The first-order valence-corrected chi connectivity index (χ1v) is 12.1. The van der Waals surface area contributed by atoms with E-state index in [9.17, 15) is 26.4 Å². The first kappa shape index (κ1) is 23.7.